The zero-order valence-electron chi connectivity index (χ0n) is 34.6. The molecule has 2 atom stereocenters. The molecule has 8 aromatic rings. The Morgan fingerprint density at radius 1 is 0.607 bits per heavy atom. The Labute approximate surface area is 360 Å². The molecule has 2 aliphatic rings. The molecule has 1 N–H and O–H groups in total. The normalized spacial score (nSPS) is 14.0. The summed E-state index contributed by atoms with van der Waals surface area (Å²) in [6.07, 6.45) is 8.53. The quantitative estimate of drug-likeness (QED) is 0.108. The minimum atomic E-state index is -0.393. The van der Waals surface area contributed by atoms with E-state index in [0.717, 1.165) is 51.1 Å². The predicted molar refractivity (Wildman–Crippen MR) is 256 cm³/mol. The van der Waals surface area contributed by atoms with Crippen LogP contribution in [0.3, 0.4) is 0 Å². The standard InChI is InChI=1S/C59H46N2/c1-5-40-37-43(44-34-36-49-48-28-16-19-32-53(48)59(54(49)38-44)51-30-17-14-26-46(51)47-27-15-18-31-52(47)59)33-35-45(40)57-39(4)21-20-29-50(57)56(7-3)61-58(42-24-12-9-13-25-42)60-55(6-2)41-22-10-8-11-23-41/h2,5,8-38,55,58,60H,1,7H2,3-4H3/b61-56+. The lowest BCUT2D eigenvalue weighted by molar-refractivity contribution is 0.519. The smallest absolute Gasteiger partial charge is 0.127 e. The van der Waals surface area contributed by atoms with Gasteiger partial charge >= 0.3 is 0 Å². The fourth-order valence-corrected chi connectivity index (χ4v) is 10.1. The summed E-state index contributed by atoms with van der Waals surface area (Å²) >= 11 is 0. The third-order valence-electron chi connectivity index (χ3n) is 12.8. The van der Waals surface area contributed by atoms with Gasteiger partial charge in [-0.2, -0.15) is 0 Å². The molecule has 0 aliphatic heterocycles. The number of aliphatic imine (C=N–C) groups is 1. The van der Waals surface area contributed by atoms with Crippen molar-refractivity contribution in [2.75, 3.05) is 0 Å². The van der Waals surface area contributed by atoms with Gasteiger partial charge in [-0.1, -0.05) is 201 Å². The number of benzene rings is 8. The van der Waals surface area contributed by atoms with Crippen LogP contribution in [0, 0.1) is 19.3 Å². The lowest BCUT2D eigenvalue weighted by Gasteiger charge is -2.30. The number of nitrogens with zero attached hydrogens (tertiary/aromatic N) is 1. The Morgan fingerprint density at radius 2 is 1.13 bits per heavy atom. The van der Waals surface area contributed by atoms with Crippen molar-refractivity contribution in [3.63, 3.8) is 0 Å². The van der Waals surface area contributed by atoms with Crippen molar-refractivity contribution in [3.05, 3.63) is 245 Å². The topological polar surface area (TPSA) is 24.4 Å². The van der Waals surface area contributed by atoms with E-state index in [2.05, 4.69) is 195 Å². The average Bonchev–Trinajstić information content (AvgIpc) is 3.79. The maximum absolute atomic E-state index is 6.16. The lowest BCUT2D eigenvalue weighted by Crippen LogP contribution is -2.25. The van der Waals surface area contributed by atoms with Gasteiger partial charge in [0.15, 0.2) is 0 Å². The van der Waals surface area contributed by atoms with Gasteiger partial charge in [-0.3, -0.25) is 10.3 Å². The Morgan fingerprint density at radius 3 is 1.70 bits per heavy atom. The van der Waals surface area contributed by atoms with Crippen molar-refractivity contribution in [1.82, 2.24) is 5.32 Å². The number of aryl methyl sites for hydroxylation is 1. The van der Waals surface area contributed by atoms with Crippen LogP contribution in [-0.2, 0) is 5.41 Å². The van der Waals surface area contributed by atoms with Crippen LogP contribution in [0.1, 0.15) is 75.6 Å². The van der Waals surface area contributed by atoms with Crippen molar-refractivity contribution < 1.29 is 0 Å². The van der Waals surface area contributed by atoms with E-state index in [9.17, 15) is 0 Å². The maximum atomic E-state index is 6.16. The van der Waals surface area contributed by atoms with Crippen LogP contribution in [0.5, 0.6) is 0 Å². The number of hydrogen-bond donors (Lipinski definition) is 1. The molecule has 10 rings (SSSR count). The highest BCUT2D eigenvalue weighted by atomic mass is 15.1. The van der Waals surface area contributed by atoms with Crippen LogP contribution in [-0.4, -0.2) is 5.71 Å². The molecule has 2 aliphatic carbocycles. The van der Waals surface area contributed by atoms with Gasteiger partial charge in [0, 0.05) is 11.3 Å². The Bertz CT molecular complexity index is 2970. The van der Waals surface area contributed by atoms with E-state index in [1.54, 1.807) is 0 Å². The van der Waals surface area contributed by atoms with Crippen molar-refractivity contribution in [2.24, 2.45) is 4.99 Å². The van der Waals surface area contributed by atoms with Crippen molar-refractivity contribution in [3.8, 4) is 56.9 Å². The molecule has 0 saturated heterocycles. The molecule has 2 nitrogen and oxygen atoms in total. The van der Waals surface area contributed by atoms with Crippen molar-refractivity contribution >= 4 is 11.8 Å². The summed E-state index contributed by atoms with van der Waals surface area (Å²) in [7, 11) is 0. The summed E-state index contributed by atoms with van der Waals surface area (Å²) in [4.78, 5) is 5.50. The molecule has 2 unspecified atom stereocenters. The minimum Gasteiger partial charge on any atom is -0.275 e. The van der Waals surface area contributed by atoms with E-state index in [-0.39, 0.29) is 12.2 Å². The zero-order valence-corrected chi connectivity index (χ0v) is 34.6. The Kier molecular flexibility index (Phi) is 9.76. The maximum Gasteiger partial charge on any atom is 0.127 e. The fourth-order valence-electron chi connectivity index (χ4n) is 10.1. The first kappa shape index (κ1) is 37.9. The van der Waals surface area contributed by atoms with E-state index in [0.29, 0.717) is 0 Å². The van der Waals surface area contributed by atoms with Gasteiger partial charge in [-0.05, 0) is 114 Å². The van der Waals surface area contributed by atoms with Gasteiger partial charge in [-0.15, -0.1) is 6.42 Å². The van der Waals surface area contributed by atoms with Gasteiger partial charge in [0.05, 0.1) is 11.5 Å². The van der Waals surface area contributed by atoms with Crippen molar-refractivity contribution in [1.29, 1.82) is 0 Å². The first-order valence-corrected chi connectivity index (χ1v) is 21.2. The molecule has 0 fully saturated rings. The summed E-state index contributed by atoms with van der Waals surface area (Å²) in [5.74, 6) is 2.98. The highest BCUT2D eigenvalue weighted by Gasteiger charge is 2.51. The first-order chi connectivity index (χ1) is 30.0. The highest BCUT2D eigenvalue weighted by molar-refractivity contribution is 6.07. The van der Waals surface area contributed by atoms with Crippen LogP contribution >= 0.6 is 0 Å². The van der Waals surface area contributed by atoms with E-state index in [1.165, 1.54) is 55.6 Å². The monoisotopic (exact) mass is 782 g/mol. The van der Waals surface area contributed by atoms with E-state index >= 15 is 0 Å². The number of rotatable bonds is 10. The van der Waals surface area contributed by atoms with Crippen LogP contribution < -0.4 is 5.32 Å². The second-order valence-corrected chi connectivity index (χ2v) is 16.1. The molecule has 1 spiro atoms. The van der Waals surface area contributed by atoms with Crippen LogP contribution in [0.4, 0.5) is 0 Å². The third-order valence-corrected chi connectivity index (χ3v) is 12.8. The molecular weight excluding hydrogens is 737 g/mol. The first-order valence-electron chi connectivity index (χ1n) is 21.2. The van der Waals surface area contributed by atoms with Crippen LogP contribution in [0.2, 0.25) is 0 Å². The van der Waals surface area contributed by atoms with Crippen molar-refractivity contribution in [2.45, 2.75) is 37.9 Å². The van der Waals surface area contributed by atoms with E-state index in [4.69, 9.17) is 11.4 Å². The SMILES string of the molecule is C#CC(NC(/N=C(\CC)c1cccc(C)c1-c1ccc(-c2ccc3c(c2)C2(c4ccccc4-c4ccccc42)c2ccccc2-3)cc1C=C)c1ccccc1)c1ccccc1. The third kappa shape index (κ3) is 6.21. The van der Waals surface area contributed by atoms with Gasteiger partial charge in [0.1, 0.15) is 6.17 Å². The summed E-state index contributed by atoms with van der Waals surface area (Å²) in [6, 6.07) is 67.7. The zero-order chi connectivity index (χ0) is 41.5. The Balaban J connectivity index is 1.08. The van der Waals surface area contributed by atoms with Crippen LogP contribution in [0.15, 0.2) is 200 Å². The molecule has 2 heteroatoms. The highest BCUT2D eigenvalue weighted by Crippen LogP contribution is 2.63. The van der Waals surface area contributed by atoms with E-state index in [1.807, 2.05) is 30.3 Å². The molecule has 0 saturated carbocycles. The summed E-state index contributed by atoms with van der Waals surface area (Å²) in [5, 5.41) is 3.71. The molecule has 0 radical (unpaired) electrons. The largest absolute Gasteiger partial charge is 0.275 e. The number of nitrogens with one attached hydrogen (secondary N) is 1. The molecule has 0 amide bonds. The fraction of sp³-hybridized carbons (Fsp3) is 0.102. The molecule has 0 aromatic heterocycles. The number of hydrogen-bond acceptors (Lipinski definition) is 2. The number of terminal acetylenes is 1. The summed E-state index contributed by atoms with van der Waals surface area (Å²) in [6.45, 7) is 8.74. The van der Waals surface area contributed by atoms with Gasteiger partial charge < -0.3 is 0 Å². The van der Waals surface area contributed by atoms with E-state index < -0.39 is 5.41 Å². The molecule has 0 bridgehead atoms. The summed E-state index contributed by atoms with van der Waals surface area (Å²) in [5.41, 5.74) is 21.3. The second-order valence-electron chi connectivity index (χ2n) is 16.1. The molecular formula is C59H46N2. The molecule has 61 heavy (non-hydrogen) atoms. The Hall–Kier alpha value is -7.31. The summed E-state index contributed by atoms with van der Waals surface area (Å²) < 4.78 is 0. The minimum absolute atomic E-state index is 0.313. The lowest BCUT2D eigenvalue weighted by atomic mass is 9.70. The van der Waals surface area contributed by atoms with Gasteiger partial charge in [0.25, 0.3) is 0 Å². The predicted octanol–water partition coefficient (Wildman–Crippen LogP) is 14.2. The molecule has 0 heterocycles. The second kappa shape index (κ2) is 15.7. The van der Waals surface area contributed by atoms with Crippen LogP contribution in [0.25, 0.3) is 50.6 Å². The van der Waals surface area contributed by atoms with Gasteiger partial charge in [0.2, 0.25) is 0 Å². The number of fused-ring (bicyclic) bond motifs is 10. The molecule has 8 aromatic carbocycles. The van der Waals surface area contributed by atoms with Gasteiger partial charge in [-0.25, -0.2) is 0 Å². The molecule has 292 valence electrons. The average molecular weight is 783 g/mol.